The molecule has 0 radical (unpaired) electrons. The van der Waals surface area contributed by atoms with Crippen LogP contribution in [0.4, 0.5) is 10.1 Å². The van der Waals surface area contributed by atoms with E-state index in [0.29, 0.717) is 13.1 Å². The molecular weight excluding hydrogens is 333 g/mol. The fourth-order valence-electron chi connectivity index (χ4n) is 2.01. The lowest BCUT2D eigenvalue weighted by Crippen LogP contribution is -2.38. The van der Waals surface area contributed by atoms with Crippen LogP contribution in [0.5, 0.6) is 5.75 Å². The Morgan fingerprint density at radius 3 is 2.88 bits per heavy atom. The third kappa shape index (κ3) is 5.09. The van der Waals surface area contributed by atoms with Gasteiger partial charge in [0, 0.05) is 31.2 Å². The molecule has 128 valence electrons. The molecular formula is C17H19ClFN3O2. The number of ether oxygens (including phenoxy) is 1. The number of pyridine rings is 1. The summed E-state index contributed by atoms with van der Waals surface area (Å²) in [6.07, 6.45) is 2.73. The van der Waals surface area contributed by atoms with E-state index in [9.17, 15) is 9.18 Å². The van der Waals surface area contributed by atoms with Crippen LogP contribution in [0.15, 0.2) is 36.7 Å². The van der Waals surface area contributed by atoms with Crippen molar-refractivity contribution in [3.05, 3.63) is 53.1 Å². The van der Waals surface area contributed by atoms with Crippen LogP contribution in [0.25, 0.3) is 0 Å². The van der Waals surface area contributed by atoms with Gasteiger partial charge in [-0.2, -0.15) is 0 Å². The van der Waals surface area contributed by atoms with Crippen LogP contribution in [0.3, 0.4) is 0 Å². The van der Waals surface area contributed by atoms with Crippen molar-refractivity contribution in [2.45, 2.75) is 20.0 Å². The van der Waals surface area contributed by atoms with Crippen molar-refractivity contribution in [1.82, 2.24) is 10.3 Å². The molecule has 1 heterocycles. The summed E-state index contributed by atoms with van der Waals surface area (Å²) in [5.74, 6) is -0.461. The lowest BCUT2D eigenvalue weighted by atomic mass is 10.2. The van der Waals surface area contributed by atoms with Crippen LogP contribution in [-0.2, 0) is 4.79 Å². The number of nitrogens with zero attached hydrogens (tertiary/aromatic N) is 1. The van der Waals surface area contributed by atoms with Crippen LogP contribution in [0.1, 0.15) is 12.5 Å². The average molecular weight is 352 g/mol. The highest BCUT2D eigenvalue weighted by Crippen LogP contribution is 2.25. The van der Waals surface area contributed by atoms with Crippen molar-refractivity contribution < 1.29 is 13.9 Å². The van der Waals surface area contributed by atoms with E-state index in [-0.39, 0.29) is 16.7 Å². The van der Waals surface area contributed by atoms with Gasteiger partial charge in [-0.05, 0) is 43.7 Å². The van der Waals surface area contributed by atoms with Crippen LogP contribution in [0, 0.1) is 12.7 Å². The number of carbonyl (C=O) groups is 1. The number of hydrogen-bond acceptors (Lipinski definition) is 4. The second-order valence-electron chi connectivity index (χ2n) is 5.24. The molecule has 0 unspecified atom stereocenters. The molecule has 1 amide bonds. The highest BCUT2D eigenvalue weighted by molar-refractivity contribution is 6.32. The summed E-state index contributed by atoms with van der Waals surface area (Å²) in [5.41, 5.74) is 2.01. The van der Waals surface area contributed by atoms with E-state index in [2.05, 4.69) is 15.6 Å². The van der Waals surface area contributed by atoms with Crippen LogP contribution >= 0.6 is 11.6 Å². The molecule has 2 rings (SSSR count). The van der Waals surface area contributed by atoms with Gasteiger partial charge in [0.15, 0.2) is 6.10 Å². The van der Waals surface area contributed by atoms with Gasteiger partial charge in [0.2, 0.25) is 0 Å². The molecule has 0 aliphatic rings. The maximum absolute atomic E-state index is 13.0. The first-order valence-electron chi connectivity index (χ1n) is 7.51. The van der Waals surface area contributed by atoms with Gasteiger partial charge in [0.1, 0.15) is 11.6 Å². The lowest BCUT2D eigenvalue weighted by Gasteiger charge is -2.16. The Morgan fingerprint density at radius 2 is 2.17 bits per heavy atom. The molecule has 0 aliphatic heterocycles. The molecule has 0 saturated carbocycles. The zero-order chi connectivity index (χ0) is 17.5. The first-order chi connectivity index (χ1) is 11.5. The van der Waals surface area contributed by atoms with E-state index >= 15 is 0 Å². The first-order valence-corrected chi connectivity index (χ1v) is 7.89. The van der Waals surface area contributed by atoms with Crippen molar-refractivity contribution in [1.29, 1.82) is 0 Å². The van der Waals surface area contributed by atoms with Gasteiger partial charge in [-0.15, -0.1) is 0 Å². The SMILES string of the molecule is Cc1cnccc1NCCNC(=O)[C@@H](C)Oc1ccc(F)cc1Cl. The number of benzene rings is 1. The number of halogens is 2. The molecule has 5 nitrogen and oxygen atoms in total. The van der Waals surface area contributed by atoms with E-state index in [0.717, 1.165) is 17.3 Å². The Kier molecular flexibility index (Phi) is 6.37. The normalized spacial score (nSPS) is 11.7. The van der Waals surface area contributed by atoms with Crippen molar-refractivity contribution >= 4 is 23.2 Å². The molecule has 0 bridgehead atoms. The first kappa shape index (κ1) is 18.0. The number of aromatic nitrogens is 1. The molecule has 0 fully saturated rings. The van der Waals surface area contributed by atoms with Gasteiger partial charge >= 0.3 is 0 Å². The third-order valence-corrected chi connectivity index (χ3v) is 3.62. The number of nitrogens with one attached hydrogen (secondary N) is 2. The Morgan fingerprint density at radius 1 is 1.38 bits per heavy atom. The van der Waals surface area contributed by atoms with Gasteiger partial charge in [0.25, 0.3) is 5.91 Å². The predicted molar refractivity (Wildman–Crippen MR) is 92.0 cm³/mol. The Hall–Kier alpha value is -2.34. The summed E-state index contributed by atoms with van der Waals surface area (Å²) in [6, 6.07) is 5.64. The van der Waals surface area contributed by atoms with Crippen LogP contribution in [0.2, 0.25) is 5.02 Å². The molecule has 0 spiro atoms. The van der Waals surface area contributed by atoms with Gasteiger partial charge < -0.3 is 15.4 Å². The minimum absolute atomic E-state index is 0.129. The number of anilines is 1. The minimum atomic E-state index is -0.740. The summed E-state index contributed by atoms with van der Waals surface area (Å²) in [4.78, 5) is 16.0. The zero-order valence-corrected chi connectivity index (χ0v) is 14.2. The Bertz CT molecular complexity index is 712. The highest BCUT2D eigenvalue weighted by atomic mass is 35.5. The summed E-state index contributed by atoms with van der Waals surface area (Å²) >= 11 is 5.88. The standard InChI is InChI=1S/C17H19ClFN3O2/c1-11-10-20-6-5-15(11)21-7-8-22-17(23)12(2)24-16-4-3-13(19)9-14(16)18/h3-6,9-10,12H,7-8H2,1-2H3,(H,20,21)(H,22,23)/t12-/m1/s1. The van der Waals surface area contributed by atoms with Gasteiger partial charge in [0.05, 0.1) is 5.02 Å². The molecule has 0 aliphatic carbocycles. The predicted octanol–water partition coefficient (Wildman–Crippen LogP) is 3.18. The second kappa shape index (κ2) is 8.49. The molecule has 24 heavy (non-hydrogen) atoms. The van der Waals surface area contributed by atoms with E-state index < -0.39 is 11.9 Å². The molecule has 1 atom stereocenters. The number of hydrogen-bond donors (Lipinski definition) is 2. The van der Waals surface area contributed by atoms with Crippen molar-refractivity contribution in [3.63, 3.8) is 0 Å². The van der Waals surface area contributed by atoms with Crippen molar-refractivity contribution in [3.8, 4) is 5.75 Å². The van der Waals surface area contributed by atoms with Gasteiger partial charge in [-0.25, -0.2) is 4.39 Å². The van der Waals surface area contributed by atoms with Gasteiger partial charge in [-0.3, -0.25) is 9.78 Å². The average Bonchev–Trinajstić information content (AvgIpc) is 2.55. The van der Waals surface area contributed by atoms with E-state index in [1.807, 2.05) is 13.0 Å². The van der Waals surface area contributed by atoms with Crippen molar-refractivity contribution in [2.75, 3.05) is 18.4 Å². The number of rotatable bonds is 7. The minimum Gasteiger partial charge on any atom is -0.479 e. The monoisotopic (exact) mass is 351 g/mol. The molecule has 7 heteroatoms. The fourth-order valence-corrected chi connectivity index (χ4v) is 2.22. The number of carbonyl (C=O) groups excluding carboxylic acids is 1. The third-order valence-electron chi connectivity index (χ3n) is 3.33. The zero-order valence-electron chi connectivity index (χ0n) is 13.5. The molecule has 1 aromatic carbocycles. The van der Waals surface area contributed by atoms with E-state index in [4.69, 9.17) is 16.3 Å². The largest absolute Gasteiger partial charge is 0.479 e. The van der Waals surface area contributed by atoms with E-state index in [1.165, 1.54) is 12.1 Å². The fraction of sp³-hybridized carbons (Fsp3) is 0.294. The maximum Gasteiger partial charge on any atom is 0.260 e. The summed E-state index contributed by atoms with van der Waals surface area (Å²) in [7, 11) is 0. The Labute approximate surface area is 145 Å². The molecule has 2 aromatic rings. The molecule has 2 N–H and O–H groups in total. The summed E-state index contributed by atoms with van der Waals surface area (Å²) in [6.45, 7) is 4.57. The quantitative estimate of drug-likeness (QED) is 0.752. The maximum atomic E-state index is 13.0. The molecule has 0 saturated heterocycles. The van der Waals surface area contributed by atoms with Crippen LogP contribution < -0.4 is 15.4 Å². The number of amides is 1. The second-order valence-corrected chi connectivity index (χ2v) is 5.65. The topological polar surface area (TPSA) is 63.2 Å². The molecule has 1 aromatic heterocycles. The number of aryl methyl sites for hydroxylation is 1. The lowest BCUT2D eigenvalue weighted by molar-refractivity contribution is -0.127. The van der Waals surface area contributed by atoms with E-state index in [1.54, 1.807) is 19.3 Å². The smallest absolute Gasteiger partial charge is 0.260 e. The summed E-state index contributed by atoms with van der Waals surface area (Å²) < 4.78 is 18.4. The Balaban J connectivity index is 1.76. The van der Waals surface area contributed by atoms with Gasteiger partial charge in [-0.1, -0.05) is 11.6 Å². The van der Waals surface area contributed by atoms with Crippen molar-refractivity contribution in [2.24, 2.45) is 0 Å². The highest BCUT2D eigenvalue weighted by Gasteiger charge is 2.15. The van der Waals surface area contributed by atoms with Crippen LogP contribution in [-0.4, -0.2) is 30.1 Å². The summed E-state index contributed by atoms with van der Waals surface area (Å²) in [5, 5.41) is 6.11.